The summed E-state index contributed by atoms with van der Waals surface area (Å²) >= 11 is 3.44. The second-order valence-corrected chi connectivity index (χ2v) is 10.1. The van der Waals surface area contributed by atoms with E-state index in [0.29, 0.717) is 35.4 Å². The Morgan fingerprint density at radius 3 is 2.68 bits per heavy atom. The van der Waals surface area contributed by atoms with Gasteiger partial charge in [0, 0.05) is 30.0 Å². The molecule has 0 aliphatic carbocycles. The van der Waals surface area contributed by atoms with Crippen LogP contribution in [-0.4, -0.2) is 36.9 Å². The fourth-order valence-corrected chi connectivity index (χ4v) is 6.98. The molecule has 7 nitrogen and oxygen atoms in total. The molecule has 0 bridgehead atoms. The van der Waals surface area contributed by atoms with E-state index in [1.165, 1.54) is 11.2 Å². The number of halogens is 1. The van der Waals surface area contributed by atoms with Gasteiger partial charge in [-0.1, -0.05) is 21.1 Å². The van der Waals surface area contributed by atoms with Crippen molar-refractivity contribution < 1.29 is 17.7 Å². The van der Waals surface area contributed by atoms with Crippen molar-refractivity contribution in [1.82, 2.24) is 9.46 Å². The van der Waals surface area contributed by atoms with Gasteiger partial charge in [-0.05, 0) is 50.8 Å². The molecule has 1 amide bonds. The number of rotatable bonds is 3. The van der Waals surface area contributed by atoms with Crippen LogP contribution in [0.4, 0.5) is 5.69 Å². The summed E-state index contributed by atoms with van der Waals surface area (Å²) in [5.74, 6) is 0.496. The van der Waals surface area contributed by atoms with E-state index in [9.17, 15) is 13.2 Å². The first-order chi connectivity index (χ1) is 13.2. The highest BCUT2D eigenvalue weighted by atomic mass is 79.9. The predicted octanol–water partition coefficient (Wildman–Crippen LogP) is 3.49. The molecule has 3 heterocycles. The minimum Gasteiger partial charge on any atom is -0.361 e. The van der Waals surface area contributed by atoms with E-state index in [1.54, 1.807) is 11.0 Å². The Morgan fingerprint density at radius 1 is 1.29 bits per heavy atom. The summed E-state index contributed by atoms with van der Waals surface area (Å²) in [6.45, 7) is 6.04. The van der Waals surface area contributed by atoms with Gasteiger partial charge in [-0.2, -0.15) is 4.31 Å². The van der Waals surface area contributed by atoms with E-state index in [-0.39, 0.29) is 16.8 Å². The van der Waals surface area contributed by atoms with Gasteiger partial charge in [-0.15, -0.1) is 0 Å². The van der Waals surface area contributed by atoms with Crippen LogP contribution in [0.5, 0.6) is 0 Å². The van der Waals surface area contributed by atoms with Crippen molar-refractivity contribution in [3.8, 4) is 0 Å². The first-order valence-corrected chi connectivity index (χ1v) is 11.5. The summed E-state index contributed by atoms with van der Waals surface area (Å²) in [4.78, 5) is 13.9. The van der Waals surface area contributed by atoms with Crippen molar-refractivity contribution in [2.75, 3.05) is 18.0 Å². The number of fused-ring (bicyclic) bond motifs is 1. The maximum absolute atomic E-state index is 13.8. The summed E-state index contributed by atoms with van der Waals surface area (Å²) in [5.41, 5.74) is 2.95. The normalized spacial score (nSPS) is 20.0. The van der Waals surface area contributed by atoms with Gasteiger partial charge >= 0.3 is 0 Å². The molecule has 0 radical (unpaired) electrons. The van der Waals surface area contributed by atoms with E-state index in [2.05, 4.69) is 21.1 Å². The monoisotopic (exact) mass is 467 g/mol. The summed E-state index contributed by atoms with van der Waals surface area (Å²) in [6, 6.07) is 3.20. The fraction of sp³-hybridized carbons (Fsp3) is 0.474. The van der Waals surface area contributed by atoms with E-state index in [1.807, 2.05) is 19.9 Å². The van der Waals surface area contributed by atoms with Crippen LogP contribution >= 0.6 is 15.9 Å². The zero-order chi connectivity index (χ0) is 20.2. The number of aryl methyl sites for hydroxylation is 2. The van der Waals surface area contributed by atoms with Gasteiger partial charge in [0.05, 0.1) is 17.4 Å². The molecule has 28 heavy (non-hydrogen) atoms. The number of hydrogen-bond donors (Lipinski definition) is 0. The van der Waals surface area contributed by atoms with Gasteiger partial charge in [0.1, 0.15) is 10.7 Å². The van der Waals surface area contributed by atoms with Crippen molar-refractivity contribution in [3.63, 3.8) is 0 Å². The van der Waals surface area contributed by atoms with Crippen LogP contribution in [-0.2, 0) is 21.2 Å². The molecule has 1 unspecified atom stereocenters. The molecule has 1 aromatic heterocycles. The average molecular weight is 468 g/mol. The van der Waals surface area contributed by atoms with Crippen molar-refractivity contribution in [2.24, 2.45) is 0 Å². The Labute approximate surface area is 172 Å². The van der Waals surface area contributed by atoms with Gasteiger partial charge in [-0.25, -0.2) is 8.42 Å². The van der Waals surface area contributed by atoms with E-state index >= 15 is 0 Å². The van der Waals surface area contributed by atoms with Crippen LogP contribution in [0, 0.1) is 13.8 Å². The van der Waals surface area contributed by atoms with E-state index < -0.39 is 10.0 Å². The molecule has 4 rings (SSSR count). The second kappa shape index (κ2) is 6.96. The zero-order valence-corrected chi connectivity index (χ0v) is 18.4. The number of hydrogen-bond acceptors (Lipinski definition) is 5. The largest absolute Gasteiger partial charge is 0.361 e. The van der Waals surface area contributed by atoms with Crippen molar-refractivity contribution in [3.05, 3.63) is 39.2 Å². The van der Waals surface area contributed by atoms with Crippen LogP contribution in [0.25, 0.3) is 0 Å². The van der Waals surface area contributed by atoms with Crippen LogP contribution in [0.15, 0.2) is 26.0 Å². The maximum Gasteiger partial charge on any atom is 0.245 e. The Balaban J connectivity index is 1.85. The Morgan fingerprint density at radius 2 is 2.04 bits per heavy atom. The fourth-order valence-electron chi connectivity index (χ4n) is 4.39. The number of aromatic nitrogens is 1. The summed E-state index contributed by atoms with van der Waals surface area (Å²) in [7, 11) is -3.82. The molecule has 2 aromatic rings. The smallest absolute Gasteiger partial charge is 0.245 e. The third-order valence-electron chi connectivity index (χ3n) is 5.59. The van der Waals surface area contributed by atoms with Crippen LogP contribution in [0.3, 0.4) is 0 Å². The van der Waals surface area contributed by atoms with Gasteiger partial charge in [0.2, 0.25) is 15.9 Å². The Bertz CT molecular complexity index is 1040. The molecule has 1 saturated heterocycles. The van der Waals surface area contributed by atoms with Crippen molar-refractivity contribution in [1.29, 1.82) is 0 Å². The summed E-state index contributed by atoms with van der Waals surface area (Å²) < 4.78 is 35.0. The Hall–Kier alpha value is -1.71. The first-order valence-electron chi connectivity index (χ1n) is 9.27. The SMILES string of the molecule is CC(=O)N1CCc2cc(Br)cc(S(=O)(=O)N3CCCC3c3c(C)noc3C)c21. The van der Waals surface area contributed by atoms with Crippen LogP contribution < -0.4 is 4.90 Å². The Kier molecular flexibility index (Phi) is 4.87. The number of amides is 1. The van der Waals surface area contributed by atoms with Crippen LogP contribution in [0.1, 0.15) is 48.4 Å². The maximum atomic E-state index is 13.8. The van der Waals surface area contributed by atoms with Crippen molar-refractivity contribution >= 4 is 37.5 Å². The van der Waals surface area contributed by atoms with E-state index in [0.717, 1.165) is 29.7 Å². The minimum atomic E-state index is -3.82. The zero-order valence-electron chi connectivity index (χ0n) is 16.0. The molecule has 9 heteroatoms. The third-order valence-corrected chi connectivity index (χ3v) is 7.96. The molecule has 1 atom stereocenters. The summed E-state index contributed by atoms with van der Waals surface area (Å²) in [5, 5.41) is 4.00. The minimum absolute atomic E-state index is 0.152. The lowest BCUT2D eigenvalue weighted by molar-refractivity contribution is -0.116. The lowest BCUT2D eigenvalue weighted by Crippen LogP contribution is -2.33. The third kappa shape index (κ3) is 3.00. The second-order valence-electron chi connectivity index (χ2n) is 7.34. The average Bonchev–Trinajstić information content (AvgIpc) is 3.32. The number of anilines is 1. The molecular weight excluding hydrogens is 446 g/mol. The number of nitrogens with zero attached hydrogens (tertiary/aromatic N) is 3. The molecule has 1 fully saturated rings. The quantitative estimate of drug-likeness (QED) is 0.689. The molecule has 2 aliphatic heterocycles. The first kappa shape index (κ1) is 19.6. The number of carbonyl (C=O) groups excluding carboxylic acids is 1. The lowest BCUT2D eigenvalue weighted by Gasteiger charge is -2.27. The standard InChI is InChI=1S/C19H22BrN3O4S/c1-11-18(12(2)27-21-11)16-5-4-7-23(16)28(25,26)17-10-15(20)9-14-6-8-22(13(3)24)19(14)17/h9-10,16H,4-8H2,1-3H3. The van der Waals surface area contributed by atoms with Gasteiger partial charge in [0.15, 0.2) is 0 Å². The summed E-state index contributed by atoms with van der Waals surface area (Å²) in [6.07, 6.45) is 2.12. The molecule has 0 N–H and O–H groups in total. The lowest BCUT2D eigenvalue weighted by atomic mass is 10.0. The number of benzene rings is 1. The van der Waals surface area contributed by atoms with Gasteiger partial charge in [-0.3, -0.25) is 4.79 Å². The highest BCUT2D eigenvalue weighted by Crippen LogP contribution is 2.44. The molecule has 150 valence electrons. The van der Waals surface area contributed by atoms with Gasteiger partial charge < -0.3 is 9.42 Å². The van der Waals surface area contributed by atoms with E-state index in [4.69, 9.17) is 4.52 Å². The predicted molar refractivity (Wildman–Crippen MR) is 108 cm³/mol. The molecular formula is C19H22BrN3O4S. The molecule has 2 aliphatic rings. The highest BCUT2D eigenvalue weighted by molar-refractivity contribution is 9.10. The molecule has 0 saturated carbocycles. The molecule has 0 spiro atoms. The van der Waals surface area contributed by atoms with Gasteiger partial charge in [0.25, 0.3) is 0 Å². The van der Waals surface area contributed by atoms with Crippen molar-refractivity contribution in [2.45, 2.75) is 51.0 Å². The molecule has 1 aromatic carbocycles. The number of carbonyl (C=O) groups is 1. The van der Waals surface area contributed by atoms with Crippen LogP contribution in [0.2, 0.25) is 0 Å². The topological polar surface area (TPSA) is 83.7 Å². The highest BCUT2D eigenvalue weighted by Gasteiger charge is 2.41. The number of sulfonamides is 1.